The lowest BCUT2D eigenvalue weighted by atomic mass is 9.93. The fourth-order valence-electron chi connectivity index (χ4n) is 3.76. The van der Waals surface area contributed by atoms with Crippen molar-refractivity contribution >= 4 is 11.8 Å². The number of benzene rings is 2. The molecule has 1 saturated heterocycles. The first-order valence-corrected chi connectivity index (χ1v) is 9.86. The Hall–Kier alpha value is -1.29. The van der Waals surface area contributed by atoms with Gasteiger partial charge in [-0.05, 0) is 36.6 Å². The van der Waals surface area contributed by atoms with Crippen molar-refractivity contribution < 1.29 is 0 Å². The van der Waals surface area contributed by atoms with Gasteiger partial charge in [-0.3, -0.25) is 4.90 Å². The Morgan fingerprint density at radius 2 is 1.54 bits per heavy atom. The molecule has 0 aliphatic carbocycles. The normalized spacial score (nSPS) is 22.0. The third kappa shape index (κ3) is 4.21. The lowest BCUT2D eigenvalue weighted by Crippen LogP contribution is -2.51. The van der Waals surface area contributed by atoms with E-state index >= 15 is 0 Å². The summed E-state index contributed by atoms with van der Waals surface area (Å²) in [4.78, 5) is 2.59. The predicted octanol–water partition coefficient (Wildman–Crippen LogP) is 4.30. The van der Waals surface area contributed by atoms with E-state index in [4.69, 9.17) is 5.73 Å². The van der Waals surface area contributed by atoms with Crippen molar-refractivity contribution in [2.75, 3.05) is 12.3 Å². The zero-order valence-electron chi connectivity index (χ0n) is 14.5. The molecule has 2 nitrogen and oxygen atoms in total. The maximum atomic E-state index is 6.29. The average Bonchev–Trinajstić information content (AvgIpc) is 3.04. The lowest BCUT2D eigenvalue weighted by Gasteiger charge is -2.41. The van der Waals surface area contributed by atoms with Crippen LogP contribution in [0.4, 0.5) is 0 Å². The van der Waals surface area contributed by atoms with E-state index in [0.29, 0.717) is 12.6 Å². The molecule has 0 amide bonds. The van der Waals surface area contributed by atoms with Gasteiger partial charge >= 0.3 is 0 Å². The number of nitrogens with zero attached hydrogens (tertiary/aromatic N) is 1. The van der Waals surface area contributed by atoms with Gasteiger partial charge in [0.2, 0.25) is 0 Å². The SMILES string of the molecule is CC1(C(CN)N(Cc2ccccc2)Cc2ccccc2)CCCS1. The van der Waals surface area contributed by atoms with Crippen molar-refractivity contribution in [3.63, 3.8) is 0 Å². The Kier molecular flexibility index (Phi) is 5.99. The van der Waals surface area contributed by atoms with Crippen LogP contribution in [0.25, 0.3) is 0 Å². The molecular formula is C21H28N2S. The van der Waals surface area contributed by atoms with Crippen LogP contribution in [0.1, 0.15) is 30.9 Å². The van der Waals surface area contributed by atoms with Gasteiger partial charge in [0.25, 0.3) is 0 Å². The Morgan fingerprint density at radius 1 is 1.00 bits per heavy atom. The van der Waals surface area contributed by atoms with Crippen LogP contribution in [0, 0.1) is 0 Å². The second kappa shape index (κ2) is 8.19. The van der Waals surface area contributed by atoms with Crippen molar-refractivity contribution in [3.8, 4) is 0 Å². The molecule has 3 rings (SSSR count). The summed E-state index contributed by atoms with van der Waals surface area (Å²) in [6.45, 7) is 5.02. The molecule has 2 unspecified atom stereocenters. The Balaban J connectivity index is 1.85. The molecule has 3 heteroatoms. The van der Waals surface area contributed by atoms with Crippen molar-refractivity contribution in [3.05, 3.63) is 71.8 Å². The van der Waals surface area contributed by atoms with Gasteiger partial charge in [0.1, 0.15) is 0 Å². The van der Waals surface area contributed by atoms with Crippen LogP contribution < -0.4 is 5.73 Å². The van der Waals surface area contributed by atoms with Gasteiger partial charge in [-0.2, -0.15) is 11.8 Å². The summed E-state index contributed by atoms with van der Waals surface area (Å²) in [5, 5.41) is 0. The minimum Gasteiger partial charge on any atom is -0.329 e. The Bertz CT molecular complexity index is 567. The zero-order valence-corrected chi connectivity index (χ0v) is 15.3. The zero-order chi connectivity index (χ0) is 16.8. The molecule has 0 bridgehead atoms. The Morgan fingerprint density at radius 3 is 1.96 bits per heavy atom. The van der Waals surface area contributed by atoms with Crippen molar-refractivity contribution in [2.24, 2.45) is 5.73 Å². The first kappa shape index (κ1) is 17.5. The van der Waals surface area contributed by atoms with E-state index in [-0.39, 0.29) is 4.75 Å². The van der Waals surface area contributed by atoms with Crippen molar-refractivity contribution in [1.82, 2.24) is 4.90 Å². The molecule has 2 N–H and O–H groups in total. The van der Waals surface area contributed by atoms with Crippen LogP contribution in [0.15, 0.2) is 60.7 Å². The van der Waals surface area contributed by atoms with Crippen molar-refractivity contribution in [2.45, 2.75) is 43.6 Å². The highest BCUT2D eigenvalue weighted by molar-refractivity contribution is 8.00. The summed E-state index contributed by atoms with van der Waals surface area (Å²) in [5.74, 6) is 1.26. The topological polar surface area (TPSA) is 29.3 Å². The second-order valence-electron chi connectivity index (χ2n) is 6.89. The number of rotatable bonds is 7. The summed E-state index contributed by atoms with van der Waals surface area (Å²) in [5.41, 5.74) is 9.01. The largest absolute Gasteiger partial charge is 0.329 e. The van der Waals surface area contributed by atoms with Crippen LogP contribution in [-0.2, 0) is 13.1 Å². The van der Waals surface area contributed by atoms with E-state index in [1.54, 1.807) is 0 Å². The summed E-state index contributed by atoms with van der Waals surface area (Å²) in [7, 11) is 0. The third-order valence-electron chi connectivity index (χ3n) is 5.08. The minimum absolute atomic E-state index is 0.262. The molecule has 0 aromatic heterocycles. The Labute approximate surface area is 150 Å². The van der Waals surface area contributed by atoms with E-state index in [2.05, 4.69) is 84.2 Å². The van der Waals surface area contributed by atoms with Gasteiger partial charge in [-0.1, -0.05) is 60.7 Å². The molecule has 1 aliphatic rings. The number of nitrogens with two attached hydrogens (primary N) is 1. The molecule has 1 fully saturated rings. The third-order valence-corrected chi connectivity index (χ3v) is 6.70. The highest BCUT2D eigenvalue weighted by Crippen LogP contribution is 2.42. The van der Waals surface area contributed by atoms with E-state index in [0.717, 1.165) is 13.1 Å². The number of hydrogen-bond acceptors (Lipinski definition) is 3. The fraction of sp³-hybridized carbons (Fsp3) is 0.429. The minimum atomic E-state index is 0.262. The molecule has 24 heavy (non-hydrogen) atoms. The summed E-state index contributed by atoms with van der Waals surface area (Å²) in [6, 6.07) is 21.9. The standard InChI is InChI=1S/C21H28N2S/c1-21(13-8-14-24-21)20(15-22)23(16-18-9-4-2-5-10-18)17-19-11-6-3-7-12-19/h2-7,9-12,20H,8,13-17,22H2,1H3. The predicted molar refractivity (Wildman–Crippen MR) is 105 cm³/mol. The summed E-state index contributed by atoms with van der Waals surface area (Å²) >= 11 is 2.11. The maximum Gasteiger partial charge on any atom is 0.0369 e. The quantitative estimate of drug-likeness (QED) is 0.815. The van der Waals surface area contributed by atoms with Gasteiger partial charge in [0.15, 0.2) is 0 Å². The molecule has 2 aromatic rings. The smallest absolute Gasteiger partial charge is 0.0369 e. The highest BCUT2D eigenvalue weighted by atomic mass is 32.2. The van der Waals surface area contributed by atoms with E-state index in [1.807, 2.05) is 0 Å². The molecule has 0 spiro atoms. The van der Waals surface area contributed by atoms with Gasteiger partial charge in [0.05, 0.1) is 0 Å². The second-order valence-corrected chi connectivity index (χ2v) is 8.52. The van der Waals surface area contributed by atoms with Gasteiger partial charge in [-0.15, -0.1) is 0 Å². The lowest BCUT2D eigenvalue weighted by molar-refractivity contribution is 0.149. The van der Waals surface area contributed by atoms with Gasteiger partial charge in [-0.25, -0.2) is 0 Å². The molecule has 1 aliphatic heterocycles. The molecule has 0 saturated carbocycles. The van der Waals surface area contributed by atoms with Crippen LogP contribution in [0.5, 0.6) is 0 Å². The van der Waals surface area contributed by atoms with Crippen LogP contribution >= 0.6 is 11.8 Å². The molecule has 2 aromatic carbocycles. The number of thioether (sulfide) groups is 1. The summed E-state index contributed by atoms with van der Waals surface area (Å²) in [6.07, 6.45) is 2.57. The first-order valence-electron chi connectivity index (χ1n) is 8.87. The average molecular weight is 341 g/mol. The molecule has 1 heterocycles. The van der Waals surface area contributed by atoms with Crippen LogP contribution in [0.2, 0.25) is 0 Å². The van der Waals surface area contributed by atoms with E-state index in [9.17, 15) is 0 Å². The highest BCUT2D eigenvalue weighted by Gasteiger charge is 2.40. The van der Waals surface area contributed by atoms with E-state index < -0.39 is 0 Å². The first-order chi connectivity index (χ1) is 11.7. The van der Waals surface area contributed by atoms with Crippen molar-refractivity contribution in [1.29, 1.82) is 0 Å². The monoisotopic (exact) mass is 340 g/mol. The van der Waals surface area contributed by atoms with Gasteiger partial charge in [0, 0.05) is 30.4 Å². The molecule has 0 radical (unpaired) electrons. The maximum absolute atomic E-state index is 6.29. The van der Waals surface area contributed by atoms with Gasteiger partial charge < -0.3 is 5.73 Å². The summed E-state index contributed by atoms with van der Waals surface area (Å²) < 4.78 is 0.262. The van der Waals surface area contributed by atoms with Crippen LogP contribution in [-0.4, -0.2) is 28.0 Å². The molecule has 128 valence electrons. The van der Waals surface area contributed by atoms with E-state index in [1.165, 1.54) is 29.7 Å². The molecule has 2 atom stereocenters. The van der Waals surface area contributed by atoms with Crippen LogP contribution in [0.3, 0.4) is 0 Å². The fourth-order valence-corrected chi connectivity index (χ4v) is 5.24. The molecular weight excluding hydrogens is 312 g/mol. The number of hydrogen-bond donors (Lipinski definition) is 1.